The number of hydrogen-bond donors (Lipinski definition) is 1. The third-order valence-electron chi connectivity index (χ3n) is 5.06. The van der Waals surface area contributed by atoms with E-state index in [0.717, 1.165) is 17.3 Å². The fourth-order valence-corrected chi connectivity index (χ4v) is 3.53. The molecule has 2 atom stereocenters. The van der Waals surface area contributed by atoms with E-state index in [4.69, 9.17) is 4.74 Å². The Morgan fingerprint density at radius 2 is 2.15 bits per heavy atom. The topological polar surface area (TPSA) is 65.9 Å². The summed E-state index contributed by atoms with van der Waals surface area (Å²) in [6.45, 7) is 2.66. The first-order chi connectivity index (χ1) is 12.6. The van der Waals surface area contributed by atoms with Crippen molar-refractivity contribution >= 4 is 16.8 Å². The molecule has 0 aliphatic carbocycles. The van der Waals surface area contributed by atoms with Gasteiger partial charge >= 0.3 is 0 Å². The molecule has 1 aliphatic heterocycles. The predicted molar refractivity (Wildman–Crippen MR) is 101 cm³/mol. The summed E-state index contributed by atoms with van der Waals surface area (Å²) in [5.74, 6) is 0.110. The fraction of sp³-hybridized carbons (Fsp3) is 0.500. The number of β-amino-alcohol motifs (C(OH)–C–C–N with tert-alkyl or cyclic N) is 1. The van der Waals surface area contributed by atoms with E-state index in [1.54, 1.807) is 12.0 Å². The van der Waals surface area contributed by atoms with Crippen molar-refractivity contribution in [3.8, 4) is 0 Å². The monoisotopic (exact) mass is 357 g/mol. The van der Waals surface area contributed by atoms with Crippen molar-refractivity contribution in [1.82, 2.24) is 14.8 Å². The average molecular weight is 357 g/mol. The number of para-hydroxylation sites is 1. The van der Waals surface area contributed by atoms with Gasteiger partial charge in [-0.05, 0) is 31.2 Å². The SMILES string of the molecule is COCCN(C)CC(=O)N1CC(O)C(Cc2ccnc3ccccc23)C1. The molecule has 2 aromatic rings. The van der Waals surface area contributed by atoms with Crippen LogP contribution in [-0.4, -0.2) is 78.8 Å². The van der Waals surface area contributed by atoms with Gasteiger partial charge in [0.05, 0.1) is 24.8 Å². The summed E-state index contributed by atoms with van der Waals surface area (Å²) in [5, 5.41) is 11.6. The van der Waals surface area contributed by atoms with Gasteiger partial charge in [-0.3, -0.25) is 14.7 Å². The van der Waals surface area contributed by atoms with Gasteiger partial charge in [0.15, 0.2) is 0 Å². The number of aliphatic hydroxyl groups is 1. The van der Waals surface area contributed by atoms with Gasteiger partial charge in [0.1, 0.15) is 0 Å². The number of nitrogens with zero attached hydrogens (tertiary/aromatic N) is 3. The Bertz CT molecular complexity index is 747. The molecule has 26 heavy (non-hydrogen) atoms. The minimum Gasteiger partial charge on any atom is -0.391 e. The molecule has 0 spiro atoms. The van der Waals surface area contributed by atoms with E-state index in [9.17, 15) is 9.90 Å². The summed E-state index contributed by atoms with van der Waals surface area (Å²) in [7, 11) is 3.56. The maximum absolute atomic E-state index is 12.5. The summed E-state index contributed by atoms with van der Waals surface area (Å²) < 4.78 is 5.04. The molecule has 0 saturated carbocycles. The number of aromatic nitrogens is 1. The number of aliphatic hydroxyl groups excluding tert-OH is 1. The van der Waals surface area contributed by atoms with E-state index in [-0.39, 0.29) is 11.8 Å². The van der Waals surface area contributed by atoms with E-state index in [1.807, 2.05) is 42.4 Å². The second kappa shape index (κ2) is 8.58. The molecule has 6 nitrogen and oxygen atoms in total. The zero-order chi connectivity index (χ0) is 18.5. The number of fused-ring (bicyclic) bond motifs is 1. The van der Waals surface area contributed by atoms with Gasteiger partial charge in [0, 0.05) is 44.2 Å². The first-order valence-corrected chi connectivity index (χ1v) is 9.04. The van der Waals surface area contributed by atoms with Crippen molar-refractivity contribution in [3.05, 3.63) is 42.1 Å². The molecule has 2 heterocycles. The summed E-state index contributed by atoms with van der Waals surface area (Å²) in [6, 6.07) is 10.1. The number of benzene rings is 1. The lowest BCUT2D eigenvalue weighted by Gasteiger charge is -2.21. The molecule has 2 unspecified atom stereocenters. The van der Waals surface area contributed by atoms with Crippen LogP contribution in [0.2, 0.25) is 0 Å². The number of pyridine rings is 1. The molecule has 0 radical (unpaired) electrons. The third-order valence-corrected chi connectivity index (χ3v) is 5.06. The molecular formula is C20H27N3O3. The summed E-state index contributed by atoms with van der Waals surface area (Å²) in [5.41, 5.74) is 2.14. The van der Waals surface area contributed by atoms with Crippen molar-refractivity contribution in [1.29, 1.82) is 0 Å². The molecule has 140 valence electrons. The highest BCUT2D eigenvalue weighted by Crippen LogP contribution is 2.25. The first kappa shape index (κ1) is 18.8. The third kappa shape index (κ3) is 4.38. The highest BCUT2D eigenvalue weighted by Gasteiger charge is 2.34. The van der Waals surface area contributed by atoms with Gasteiger partial charge < -0.3 is 14.7 Å². The van der Waals surface area contributed by atoms with Crippen molar-refractivity contribution < 1.29 is 14.6 Å². The molecule has 1 fully saturated rings. The summed E-state index contributed by atoms with van der Waals surface area (Å²) in [6.07, 6.45) is 2.07. The van der Waals surface area contributed by atoms with Crippen molar-refractivity contribution in [2.75, 3.05) is 46.9 Å². The van der Waals surface area contributed by atoms with Crippen LogP contribution in [0.25, 0.3) is 10.9 Å². The number of hydrogen-bond acceptors (Lipinski definition) is 5. The number of likely N-dealkylation sites (N-methyl/N-ethyl adjacent to an activating group) is 1. The largest absolute Gasteiger partial charge is 0.391 e. The second-order valence-corrected chi connectivity index (χ2v) is 7.05. The van der Waals surface area contributed by atoms with E-state index < -0.39 is 6.10 Å². The second-order valence-electron chi connectivity index (χ2n) is 7.05. The van der Waals surface area contributed by atoms with Crippen LogP contribution in [0.1, 0.15) is 5.56 Å². The van der Waals surface area contributed by atoms with E-state index in [1.165, 1.54) is 5.56 Å². The van der Waals surface area contributed by atoms with E-state index >= 15 is 0 Å². The minimum absolute atomic E-state index is 0.0500. The fourth-order valence-electron chi connectivity index (χ4n) is 3.53. The Hall–Kier alpha value is -2.02. The molecule has 6 heteroatoms. The number of likely N-dealkylation sites (tertiary alicyclic amines) is 1. The van der Waals surface area contributed by atoms with Crippen LogP contribution >= 0.6 is 0 Å². The first-order valence-electron chi connectivity index (χ1n) is 9.04. The number of methoxy groups -OCH3 is 1. The van der Waals surface area contributed by atoms with Crippen LogP contribution in [0.5, 0.6) is 0 Å². The van der Waals surface area contributed by atoms with Crippen LogP contribution in [-0.2, 0) is 16.0 Å². The molecule has 3 rings (SSSR count). The maximum atomic E-state index is 12.5. The highest BCUT2D eigenvalue weighted by atomic mass is 16.5. The number of rotatable bonds is 7. The highest BCUT2D eigenvalue weighted by molar-refractivity contribution is 5.82. The molecular weight excluding hydrogens is 330 g/mol. The van der Waals surface area contributed by atoms with E-state index in [0.29, 0.717) is 32.8 Å². The Labute approximate surface area is 154 Å². The molecule has 1 amide bonds. The van der Waals surface area contributed by atoms with Gasteiger partial charge in [-0.2, -0.15) is 0 Å². The smallest absolute Gasteiger partial charge is 0.236 e. The lowest BCUT2D eigenvalue weighted by molar-refractivity contribution is -0.131. The minimum atomic E-state index is -0.491. The Morgan fingerprint density at radius 3 is 2.96 bits per heavy atom. The zero-order valence-corrected chi connectivity index (χ0v) is 15.5. The standard InChI is InChI=1S/C20H27N3O3/c1-22(9-10-26-2)14-20(25)23-12-16(19(24)13-23)11-15-7-8-21-18-6-4-3-5-17(15)18/h3-8,16,19,24H,9-14H2,1-2H3. The Balaban J connectivity index is 1.62. The average Bonchev–Trinajstić information content (AvgIpc) is 3.01. The van der Waals surface area contributed by atoms with Crippen LogP contribution < -0.4 is 0 Å². The predicted octanol–water partition coefficient (Wildman–Crippen LogP) is 1.17. The molecule has 1 aromatic carbocycles. The van der Waals surface area contributed by atoms with Crippen LogP contribution in [0, 0.1) is 5.92 Å². The van der Waals surface area contributed by atoms with Gasteiger partial charge in [-0.15, -0.1) is 0 Å². The normalized spacial score (nSPS) is 20.2. The molecule has 1 aliphatic rings. The number of carbonyl (C=O) groups is 1. The Morgan fingerprint density at radius 1 is 1.35 bits per heavy atom. The quantitative estimate of drug-likeness (QED) is 0.806. The van der Waals surface area contributed by atoms with Crippen molar-refractivity contribution in [2.45, 2.75) is 12.5 Å². The lowest BCUT2D eigenvalue weighted by Crippen LogP contribution is -2.39. The molecule has 1 saturated heterocycles. The van der Waals surface area contributed by atoms with Gasteiger partial charge in [0.25, 0.3) is 0 Å². The van der Waals surface area contributed by atoms with Crippen LogP contribution in [0.4, 0.5) is 0 Å². The number of amides is 1. The molecule has 1 aromatic heterocycles. The van der Waals surface area contributed by atoms with Gasteiger partial charge in [-0.1, -0.05) is 18.2 Å². The number of ether oxygens (including phenoxy) is 1. The Kier molecular flexibility index (Phi) is 6.19. The zero-order valence-electron chi connectivity index (χ0n) is 15.5. The van der Waals surface area contributed by atoms with Gasteiger partial charge in [-0.25, -0.2) is 0 Å². The van der Waals surface area contributed by atoms with Crippen LogP contribution in [0.3, 0.4) is 0 Å². The molecule has 0 bridgehead atoms. The van der Waals surface area contributed by atoms with Crippen molar-refractivity contribution in [2.24, 2.45) is 5.92 Å². The van der Waals surface area contributed by atoms with Gasteiger partial charge in [0.2, 0.25) is 5.91 Å². The summed E-state index contributed by atoms with van der Waals surface area (Å²) >= 11 is 0. The molecule has 1 N–H and O–H groups in total. The number of carbonyl (C=O) groups excluding carboxylic acids is 1. The van der Waals surface area contributed by atoms with E-state index in [2.05, 4.69) is 11.1 Å². The van der Waals surface area contributed by atoms with Crippen molar-refractivity contribution in [3.63, 3.8) is 0 Å². The summed E-state index contributed by atoms with van der Waals surface area (Å²) in [4.78, 5) is 20.6. The maximum Gasteiger partial charge on any atom is 0.236 e. The van der Waals surface area contributed by atoms with Crippen LogP contribution in [0.15, 0.2) is 36.5 Å². The lowest BCUT2D eigenvalue weighted by atomic mass is 9.94.